The third-order valence-corrected chi connectivity index (χ3v) is 2.76. The molecule has 0 fully saturated rings. The Morgan fingerprint density at radius 3 is 2.47 bits per heavy atom. The lowest BCUT2D eigenvalue weighted by molar-refractivity contribution is 0.646. The summed E-state index contributed by atoms with van der Waals surface area (Å²) in [6.07, 6.45) is 1.06. The van der Waals surface area contributed by atoms with Gasteiger partial charge in [-0.3, -0.25) is 4.68 Å². The maximum atomic E-state index is 4.40. The van der Waals surface area contributed by atoms with Crippen LogP contribution in [-0.2, 0) is 13.5 Å². The van der Waals surface area contributed by atoms with Gasteiger partial charge in [-0.2, -0.15) is 5.10 Å². The molecule has 2 N–H and O–H groups in total. The third kappa shape index (κ3) is 3.32. The molecule has 86 valence electrons. The van der Waals surface area contributed by atoms with Crippen LogP contribution in [0.25, 0.3) is 0 Å². The lowest BCUT2D eigenvalue weighted by atomic mass is 10.1. The molecule has 0 bridgehead atoms. The molecule has 0 spiro atoms. The molecule has 0 aromatic carbocycles. The maximum absolute atomic E-state index is 4.40. The van der Waals surface area contributed by atoms with Crippen molar-refractivity contribution in [2.45, 2.75) is 20.3 Å². The van der Waals surface area contributed by atoms with Crippen molar-refractivity contribution in [3.63, 3.8) is 0 Å². The Bertz CT molecular complexity index is 304. The summed E-state index contributed by atoms with van der Waals surface area (Å²) >= 11 is 0. The van der Waals surface area contributed by atoms with Crippen molar-refractivity contribution < 1.29 is 0 Å². The van der Waals surface area contributed by atoms with Gasteiger partial charge in [-0.15, -0.1) is 0 Å². The minimum absolute atomic E-state index is 1.02. The largest absolute Gasteiger partial charge is 0.318 e. The Morgan fingerprint density at radius 2 is 1.93 bits per heavy atom. The highest BCUT2D eigenvalue weighted by Crippen LogP contribution is 2.11. The fraction of sp³-hybridized carbons (Fsp3) is 0.727. The van der Waals surface area contributed by atoms with Crippen molar-refractivity contribution >= 4 is 0 Å². The normalized spacial score (nSPS) is 10.9. The molecule has 4 nitrogen and oxygen atoms in total. The van der Waals surface area contributed by atoms with Gasteiger partial charge in [0.1, 0.15) is 0 Å². The highest BCUT2D eigenvalue weighted by Gasteiger charge is 2.07. The maximum Gasteiger partial charge on any atom is 0.0628 e. The lowest BCUT2D eigenvalue weighted by Gasteiger charge is -2.04. The first-order valence-electron chi connectivity index (χ1n) is 5.51. The van der Waals surface area contributed by atoms with Crippen LogP contribution in [0.5, 0.6) is 0 Å². The number of aryl methyl sites for hydroxylation is 2. The van der Waals surface area contributed by atoms with Crippen molar-refractivity contribution in [1.29, 1.82) is 0 Å². The van der Waals surface area contributed by atoms with E-state index in [-0.39, 0.29) is 0 Å². The smallest absolute Gasteiger partial charge is 0.0628 e. The minimum atomic E-state index is 1.02. The standard InChI is InChI=1S/C11H22N4/c1-9-11(10(2)15(4)14-9)5-6-13-8-7-12-3/h12-13H,5-8H2,1-4H3. The molecule has 4 heteroatoms. The van der Waals surface area contributed by atoms with Crippen LogP contribution in [0.3, 0.4) is 0 Å². The number of hydrogen-bond acceptors (Lipinski definition) is 3. The van der Waals surface area contributed by atoms with E-state index >= 15 is 0 Å². The van der Waals surface area contributed by atoms with Crippen LogP contribution >= 0.6 is 0 Å². The minimum Gasteiger partial charge on any atom is -0.318 e. The summed E-state index contributed by atoms with van der Waals surface area (Å²) in [7, 11) is 3.97. The van der Waals surface area contributed by atoms with Gasteiger partial charge in [0.05, 0.1) is 5.69 Å². The van der Waals surface area contributed by atoms with Crippen molar-refractivity contribution in [2.75, 3.05) is 26.7 Å². The zero-order valence-electron chi connectivity index (χ0n) is 10.2. The fourth-order valence-corrected chi connectivity index (χ4v) is 1.73. The quantitative estimate of drug-likeness (QED) is 0.667. The second kappa shape index (κ2) is 5.88. The average molecular weight is 210 g/mol. The molecule has 0 saturated heterocycles. The van der Waals surface area contributed by atoms with Gasteiger partial charge < -0.3 is 10.6 Å². The number of hydrogen-bond donors (Lipinski definition) is 2. The number of likely N-dealkylation sites (N-methyl/N-ethyl adjacent to an activating group) is 1. The summed E-state index contributed by atoms with van der Waals surface area (Å²) in [6.45, 7) is 7.27. The fourth-order valence-electron chi connectivity index (χ4n) is 1.73. The van der Waals surface area contributed by atoms with Crippen molar-refractivity contribution in [3.05, 3.63) is 17.0 Å². The van der Waals surface area contributed by atoms with Crippen LogP contribution in [-0.4, -0.2) is 36.5 Å². The SMILES string of the molecule is CNCCNCCc1c(C)nn(C)c1C. The summed E-state index contributed by atoms with van der Waals surface area (Å²) in [5, 5.41) is 10.9. The van der Waals surface area contributed by atoms with E-state index in [9.17, 15) is 0 Å². The van der Waals surface area contributed by atoms with E-state index < -0.39 is 0 Å². The number of nitrogens with zero attached hydrogens (tertiary/aromatic N) is 2. The second-order valence-corrected chi connectivity index (χ2v) is 3.88. The van der Waals surface area contributed by atoms with Crippen LogP contribution in [0.2, 0.25) is 0 Å². The second-order valence-electron chi connectivity index (χ2n) is 3.88. The van der Waals surface area contributed by atoms with E-state index in [2.05, 4.69) is 29.6 Å². The predicted molar refractivity (Wildman–Crippen MR) is 63.2 cm³/mol. The molecule has 1 heterocycles. The Morgan fingerprint density at radius 1 is 1.20 bits per heavy atom. The predicted octanol–water partition coefficient (Wildman–Crippen LogP) is 0.388. The summed E-state index contributed by atoms with van der Waals surface area (Å²) in [4.78, 5) is 0. The Balaban J connectivity index is 2.37. The molecule has 0 amide bonds. The molecular weight excluding hydrogens is 188 g/mol. The molecule has 0 saturated carbocycles. The molecule has 1 rings (SSSR count). The monoisotopic (exact) mass is 210 g/mol. The average Bonchev–Trinajstić information content (AvgIpc) is 2.44. The van der Waals surface area contributed by atoms with Gasteiger partial charge in [-0.25, -0.2) is 0 Å². The Labute approximate surface area is 92.1 Å². The molecule has 0 aliphatic carbocycles. The summed E-state index contributed by atoms with van der Waals surface area (Å²) in [6, 6.07) is 0. The first-order valence-corrected chi connectivity index (χ1v) is 5.51. The molecular formula is C11H22N4. The van der Waals surface area contributed by atoms with Gasteiger partial charge in [0.15, 0.2) is 0 Å². The van der Waals surface area contributed by atoms with Crippen LogP contribution < -0.4 is 10.6 Å². The van der Waals surface area contributed by atoms with E-state index in [1.54, 1.807) is 0 Å². The summed E-state index contributed by atoms with van der Waals surface area (Å²) in [5.74, 6) is 0. The van der Waals surface area contributed by atoms with Crippen molar-refractivity contribution in [3.8, 4) is 0 Å². The third-order valence-electron chi connectivity index (χ3n) is 2.76. The van der Waals surface area contributed by atoms with E-state index in [0.29, 0.717) is 0 Å². The van der Waals surface area contributed by atoms with Crippen LogP contribution in [0.15, 0.2) is 0 Å². The highest BCUT2D eigenvalue weighted by atomic mass is 15.3. The van der Waals surface area contributed by atoms with Crippen LogP contribution in [0.4, 0.5) is 0 Å². The molecule has 0 unspecified atom stereocenters. The number of rotatable bonds is 6. The van der Waals surface area contributed by atoms with E-state index in [1.807, 2.05) is 18.8 Å². The lowest BCUT2D eigenvalue weighted by Crippen LogP contribution is -2.26. The summed E-state index contributed by atoms with van der Waals surface area (Å²) < 4.78 is 1.96. The molecule has 0 aliphatic heterocycles. The molecule has 15 heavy (non-hydrogen) atoms. The van der Waals surface area contributed by atoms with Gasteiger partial charge in [0, 0.05) is 25.8 Å². The van der Waals surface area contributed by atoms with Gasteiger partial charge in [-0.05, 0) is 39.4 Å². The van der Waals surface area contributed by atoms with Gasteiger partial charge in [0.2, 0.25) is 0 Å². The first-order chi connectivity index (χ1) is 7.16. The topological polar surface area (TPSA) is 41.9 Å². The van der Waals surface area contributed by atoms with Gasteiger partial charge in [-0.1, -0.05) is 0 Å². The van der Waals surface area contributed by atoms with Crippen molar-refractivity contribution in [2.24, 2.45) is 7.05 Å². The zero-order valence-corrected chi connectivity index (χ0v) is 10.2. The summed E-state index contributed by atoms with van der Waals surface area (Å²) in [5.41, 5.74) is 3.82. The molecule has 0 aliphatic rings. The first kappa shape index (κ1) is 12.2. The highest BCUT2D eigenvalue weighted by molar-refractivity contribution is 5.24. The molecule has 1 aromatic rings. The molecule has 0 atom stereocenters. The van der Waals surface area contributed by atoms with Crippen LogP contribution in [0, 0.1) is 13.8 Å². The zero-order chi connectivity index (χ0) is 11.3. The number of nitrogens with one attached hydrogen (secondary N) is 2. The van der Waals surface area contributed by atoms with Gasteiger partial charge in [0.25, 0.3) is 0 Å². The van der Waals surface area contributed by atoms with E-state index in [1.165, 1.54) is 11.3 Å². The molecule has 0 radical (unpaired) electrons. The Hall–Kier alpha value is -0.870. The van der Waals surface area contributed by atoms with Crippen molar-refractivity contribution in [1.82, 2.24) is 20.4 Å². The molecule has 1 aromatic heterocycles. The van der Waals surface area contributed by atoms with Gasteiger partial charge >= 0.3 is 0 Å². The van der Waals surface area contributed by atoms with E-state index in [4.69, 9.17) is 0 Å². The number of aromatic nitrogens is 2. The Kier molecular flexibility index (Phi) is 4.78. The van der Waals surface area contributed by atoms with Crippen LogP contribution in [0.1, 0.15) is 17.0 Å². The van der Waals surface area contributed by atoms with E-state index in [0.717, 1.165) is 31.7 Å².